The van der Waals surface area contributed by atoms with Gasteiger partial charge < -0.3 is 19.9 Å². The lowest BCUT2D eigenvalue weighted by Crippen LogP contribution is -2.27. The van der Waals surface area contributed by atoms with Crippen LogP contribution in [-0.2, 0) is 17.6 Å². The number of benzene rings is 2. The first-order valence-corrected chi connectivity index (χ1v) is 8.12. The van der Waals surface area contributed by atoms with E-state index in [1.165, 1.54) is 0 Å². The third kappa shape index (κ3) is 4.11. The predicted molar refractivity (Wildman–Crippen MR) is 91.0 cm³/mol. The number of rotatable bonds is 5. The van der Waals surface area contributed by atoms with Gasteiger partial charge in [-0.2, -0.15) is 0 Å². The number of aromatic hydroxyl groups is 1. The first-order chi connectivity index (χ1) is 11.6. The first-order valence-electron chi connectivity index (χ1n) is 7.74. The number of hydrogen-bond acceptors (Lipinski definition) is 4. The van der Waals surface area contributed by atoms with Gasteiger partial charge in [-0.15, -0.1) is 0 Å². The van der Waals surface area contributed by atoms with E-state index in [1.807, 2.05) is 12.1 Å². The van der Waals surface area contributed by atoms with Crippen molar-refractivity contribution < 1.29 is 19.4 Å². The summed E-state index contributed by atoms with van der Waals surface area (Å²) in [4.78, 5) is 11.9. The minimum absolute atomic E-state index is 0.0654. The molecule has 3 rings (SSSR count). The first kappa shape index (κ1) is 16.5. The number of amides is 1. The number of ether oxygens (including phenoxy) is 2. The average molecular weight is 348 g/mol. The molecule has 2 N–H and O–H groups in total. The van der Waals surface area contributed by atoms with Crippen molar-refractivity contribution in [2.45, 2.75) is 12.8 Å². The van der Waals surface area contributed by atoms with Crippen molar-refractivity contribution in [2.75, 3.05) is 19.8 Å². The zero-order valence-corrected chi connectivity index (χ0v) is 13.8. The molecule has 0 fully saturated rings. The van der Waals surface area contributed by atoms with Crippen LogP contribution in [0.1, 0.15) is 11.1 Å². The molecule has 6 heteroatoms. The zero-order valence-electron chi connectivity index (χ0n) is 13.0. The second kappa shape index (κ2) is 7.45. The van der Waals surface area contributed by atoms with Crippen molar-refractivity contribution in [3.8, 4) is 17.2 Å². The summed E-state index contributed by atoms with van der Waals surface area (Å²) in [5.41, 5.74) is 1.84. The SMILES string of the molecule is O=C(Cc1ccc(O)cc1)NCCc1cc(Cl)c2c(c1)OCCO2. The Balaban J connectivity index is 1.52. The van der Waals surface area contributed by atoms with Gasteiger partial charge in [0.05, 0.1) is 11.4 Å². The van der Waals surface area contributed by atoms with Gasteiger partial charge in [-0.1, -0.05) is 23.7 Å². The summed E-state index contributed by atoms with van der Waals surface area (Å²) in [5, 5.41) is 12.6. The Morgan fingerprint density at radius 3 is 2.67 bits per heavy atom. The van der Waals surface area contributed by atoms with Crippen LogP contribution in [0.2, 0.25) is 5.02 Å². The van der Waals surface area contributed by atoms with Gasteiger partial charge in [-0.25, -0.2) is 0 Å². The lowest BCUT2D eigenvalue weighted by molar-refractivity contribution is -0.120. The van der Waals surface area contributed by atoms with E-state index in [9.17, 15) is 9.90 Å². The van der Waals surface area contributed by atoms with E-state index in [2.05, 4.69) is 5.32 Å². The molecule has 0 atom stereocenters. The van der Waals surface area contributed by atoms with Crippen LogP contribution in [0.15, 0.2) is 36.4 Å². The van der Waals surface area contributed by atoms with Gasteiger partial charge in [0, 0.05) is 6.54 Å². The summed E-state index contributed by atoms with van der Waals surface area (Å²) in [6.45, 7) is 1.52. The van der Waals surface area contributed by atoms with Gasteiger partial charge >= 0.3 is 0 Å². The molecular formula is C18H18ClNO4. The van der Waals surface area contributed by atoms with Crippen LogP contribution >= 0.6 is 11.6 Å². The molecule has 1 amide bonds. The van der Waals surface area contributed by atoms with Crippen molar-refractivity contribution in [1.82, 2.24) is 5.32 Å². The molecule has 126 valence electrons. The van der Waals surface area contributed by atoms with Crippen molar-refractivity contribution in [3.05, 3.63) is 52.5 Å². The Bertz CT molecular complexity index is 731. The second-order valence-corrected chi connectivity index (χ2v) is 5.95. The van der Waals surface area contributed by atoms with Crippen LogP contribution in [0.25, 0.3) is 0 Å². The quantitative estimate of drug-likeness (QED) is 0.872. The third-order valence-electron chi connectivity index (χ3n) is 3.69. The number of phenolic OH excluding ortho intramolecular Hbond substituents is 1. The van der Waals surface area contributed by atoms with Gasteiger partial charge in [0.1, 0.15) is 19.0 Å². The van der Waals surface area contributed by atoms with Gasteiger partial charge in [-0.3, -0.25) is 4.79 Å². The normalized spacial score (nSPS) is 12.7. The van der Waals surface area contributed by atoms with E-state index in [-0.39, 0.29) is 18.1 Å². The Labute approximate surface area is 145 Å². The number of nitrogens with one attached hydrogen (secondary N) is 1. The highest BCUT2D eigenvalue weighted by Gasteiger charge is 2.16. The molecule has 5 nitrogen and oxygen atoms in total. The van der Waals surface area contributed by atoms with Crippen LogP contribution in [0.4, 0.5) is 0 Å². The predicted octanol–water partition coefficient (Wildman–Crippen LogP) is 2.72. The topological polar surface area (TPSA) is 67.8 Å². The average Bonchev–Trinajstić information content (AvgIpc) is 2.57. The fourth-order valence-corrected chi connectivity index (χ4v) is 2.80. The second-order valence-electron chi connectivity index (χ2n) is 5.55. The lowest BCUT2D eigenvalue weighted by Gasteiger charge is -2.20. The van der Waals surface area contributed by atoms with E-state index in [4.69, 9.17) is 21.1 Å². The van der Waals surface area contributed by atoms with Crippen LogP contribution in [0.5, 0.6) is 17.2 Å². The molecule has 0 saturated heterocycles. The van der Waals surface area contributed by atoms with Gasteiger partial charge in [0.25, 0.3) is 0 Å². The molecule has 1 aliphatic heterocycles. The zero-order chi connectivity index (χ0) is 16.9. The molecule has 2 aromatic rings. The minimum atomic E-state index is -0.0654. The molecular weight excluding hydrogens is 330 g/mol. The number of halogens is 1. The summed E-state index contributed by atoms with van der Waals surface area (Å²) in [7, 11) is 0. The van der Waals surface area contributed by atoms with Crippen LogP contribution < -0.4 is 14.8 Å². The van der Waals surface area contributed by atoms with Gasteiger partial charge in [-0.05, 0) is 41.8 Å². The lowest BCUT2D eigenvalue weighted by atomic mass is 10.1. The molecule has 2 aromatic carbocycles. The van der Waals surface area contributed by atoms with Crippen LogP contribution in [0, 0.1) is 0 Å². The number of hydrogen-bond donors (Lipinski definition) is 2. The van der Waals surface area contributed by atoms with Crippen molar-refractivity contribution >= 4 is 17.5 Å². The summed E-state index contributed by atoms with van der Waals surface area (Å²) in [6, 6.07) is 10.3. The van der Waals surface area contributed by atoms with E-state index in [1.54, 1.807) is 24.3 Å². The molecule has 0 bridgehead atoms. The largest absolute Gasteiger partial charge is 0.508 e. The summed E-state index contributed by atoms with van der Waals surface area (Å²) in [5.74, 6) is 1.36. The molecule has 0 spiro atoms. The minimum Gasteiger partial charge on any atom is -0.508 e. The maximum Gasteiger partial charge on any atom is 0.224 e. The van der Waals surface area contributed by atoms with E-state index < -0.39 is 0 Å². The molecule has 0 unspecified atom stereocenters. The molecule has 0 saturated carbocycles. The molecule has 0 aromatic heterocycles. The van der Waals surface area contributed by atoms with E-state index >= 15 is 0 Å². The molecule has 0 radical (unpaired) electrons. The monoisotopic (exact) mass is 347 g/mol. The summed E-state index contributed by atoms with van der Waals surface area (Å²) >= 11 is 6.20. The Hall–Kier alpha value is -2.40. The highest BCUT2D eigenvalue weighted by molar-refractivity contribution is 6.32. The summed E-state index contributed by atoms with van der Waals surface area (Å²) in [6.07, 6.45) is 0.930. The Morgan fingerprint density at radius 1 is 1.12 bits per heavy atom. The Morgan fingerprint density at radius 2 is 1.88 bits per heavy atom. The molecule has 1 heterocycles. The highest BCUT2D eigenvalue weighted by Crippen LogP contribution is 2.38. The number of carbonyl (C=O) groups excluding carboxylic acids is 1. The fraction of sp³-hybridized carbons (Fsp3) is 0.278. The number of fused-ring (bicyclic) bond motifs is 1. The third-order valence-corrected chi connectivity index (χ3v) is 3.97. The molecule has 24 heavy (non-hydrogen) atoms. The van der Waals surface area contributed by atoms with E-state index in [0.29, 0.717) is 42.7 Å². The fourth-order valence-electron chi connectivity index (χ4n) is 2.52. The maximum atomic E-state index is 11.9. The van der Waals surface area contributed by atoms with Crippen LogP contribution in [-0.4, -0.2) is 30.8 Å². The van der Waals surface area contributed by atoms with Crippen molar-refractivity contribution in [2.24, 2.45) is 0 Å². The highest BCUT2D eigenvalue weighted by atomic mass is 35.5. The van der Waals surface area contributed by atoms with E-state index in [0.717, 1.165) is 11.1 Å². The molecule has 1 aliphatic rings. The summed E-state index contributed by atoms with van der Waals surface area (Å²) < 4.78 is 11.0. The molecule has 0 aliphatic carbocycles. The van der Waals surface area contributed by atoms with Crippen LogP contribution in [0.3, 0.4) is 0 Å². The standard InChI is InChI=1S/C18H18ClNO4/c19-15-9-13(10-16-18(15)24-8-7-23-16)5-6-20-17(22)11-12-1-3-14(21)4-2-12/h1-4,9-10,21H,5-8,11H2,(H,20,22). The number of carbonyl (C=O) groups is 1. The number of phenols is 1. The van der Waals surface area contributed by atoms with Gasteiger partial charge in [0.15, 0.2) is 11.5 Å². The van der Waals surface area contributed by atoms with Crippen molar-refractivity contribution in [3.63, 3.8) is 0 Å². The Kier molecular flexibility index (Phi) is 5.11. The van der Waals surface area contributed by atoms with Gasteiger partial charge in [0.2, 0.25) is 5.91 Å². The smallest absolute Gasteiger partial charge is 0.224 e. The van der Waals surface area contributed by atoms with Crippen molar-refractivity contribution in [1.29, 1.82) is 0 Å². The maximum absolute atomic E-state index is 11.9.